The second kappa shape index (κ2) is 15.5. The normalized spacial score (nSPS) is 12.5. The number of carbonyl (C=O) groups excluding carboxylic acids is 2. The Hall–Kier alpha value is -4.70. The van der Waals surface area contributed by atoms with E-state index in [0.717, 1.165) is 15.4 Å². The van der Waals surface area contributed by atoms with Gasteiger partial charge in [0.25, 0.3) is 10.0 Å². The van der Waals surface area contributed by atoms with E-state index in [2.05, 4.69) is 5.32 Å². The maximum atomic E-state index is 15.1. The van der Waals surface area contributed by atoms with E-state index in [1.54, 1.807) is 61.5 Å². The molecule has 0 saturated heterocycles. The van der Waals surface area contributed by atoms with Crippen molar-refractivity contribution in [2.75, 3.05) is 18.0 Å². The first-order valence-corrected chi connectivity index (χ1v) is 16.6. The van der Waals surface area contributed by atoms with E-state index in [4.69, 9.17) is 4.74 Å². The average molecular weight is 646 g/mol. The van der Waals surface area contributed by atoms with Gasteiger partial charge in [-0.15, -0.1) is 0 Å². The summed E-state index contributed by atoms with van der Waals surface area (Å²) in [6.07, 6.45) is 0.782. The fourth-order valence-corrected chi connectivity index (χ4v) is 6.47. The zero-order valence-electron chi connectivity index (χ0n) is 26.5. The molecule has 0 heterocycles. The minimum Gasteiger partial charge on any atom is -0.495 e. The van der Waals surface area contributed by atoms with Crippen LogP contribution < -0.4 is 14.4 Å². The van der Waals surface area contributed by atoms with Crippen molar-refractivity contribution in [3.8, 4) is 5.75 Å². The Morgan fingerprint density at radius 3 is 2.17 bits per heavy atom. The standard InChI is InChI=1S/C36H40FN3O5S/c1-5-27(3)38-36(42)33(23-28-14-8-6-9-15-28)39(24-29-16-12-13-19-31(29)37)35(41)25-40(32-22-26(2)20-21-34(32)45-4)46(43,44)30-17-10-7-11-18-30/h6-22,27,33H,5,23-25H2,1-4H3,(H,38,42)/t27-,33-/m1/s1. The summed E-state index contributed by atoms with van der Waals surface area (Å²) in [6.45, 7) is 4.66. The van der Waals surface area contributed by atoms with Crippen molar-refractivity contribution in [2.24, 2.45) is 0 Å². The molecule has 4 aromatic carbocycles. The zero-order chi connectivity index (χ0) is 33.3. The second-order valence-corrected chi connectivity index (χ2v) is 13.0. The van der Waals surface area contributed by atoms with Gasteiger partial charge in [-0.2, -0.15) is 0 Å². The van der Waals surface area contributed by atoms with Crippen LogP contribution in [0.2, 0.25) is 0 Å². The van der Waals surface area contributed by atoms with E-state index in [1.807, 2.05) is 44.2 Å². The summed E-state index contributed by atoms with van der Waals surface area (Å²) < 4.78 is 50.1. The van der Waals surface area contributed by atoms with Gasteiger partial charge < -0.3 is 15.0 Å². The van der Waals surface area contributed by atoms with Gasteiger partial charge in [0.2, 0.25) is 11.8 Å². The summed E-state index contributed by atoms with van der Waals surface area (Å²) in [4.78, 5) is 29.7. The van der Waals surface area contributed by atoms with Crippen molar-refractivity contribution < 1.29 is 27.1 Å². The molecule has 0 aliphatic rings. The van der Waals surface area contributed by atoms with E-state index in [1.165, 1.54) is 30.2 Å². The highest BCUT2D eigenvalue weighted by molar-refractivity contribution is 7.92. The highest BCUT2D eigenvalue weighted by Crippen LogP contribution is 2.34. The third kappa shape index (κ3) is 8.31. The molecule has 0 spiro atoms. The lowest BCUT2D eigenvalue weighted by Gasteiger charge is -2.34. The SMILES string of the molecule is CC[C@@H](C)NC(=O)[C@@H](Cc1ccccc1)N(Cc1ccccc1F)C(=O)CN(c1cc(C)ccc1OC)S(=O)(=O)c1ccccc1. The Morgan fingerprint density at radius 2 is 1.54 bits per heavy atom. The predicted octanol–water partition coefficient (Wildman–Crippen LogP) is 5.89. The van der Waals surface area contributed by atoms with E-state index in [0.29, 0.717) is 6.42 Å². The van der Waals surface area contributed by atoms with Crippen LogP contribution >= 0.6 is 0 Å². The number of sulfonamides is 1. The van der Waals surface area contributed by atoms with Gasteiger partial charge in [-0.25, -0.2) is 12.8 Å². The third-order valence-corrected chi connectivity index (χ3v) is 9.56. The molecule has 10 heteroatoms. The molecule has 0 saturated carbocycles. The number of ether oxygens (including phenoxy) is 1. The Balaban J connectivity index is 1.86. The lowest BCUT2D eigenvalue weighted by molar-refractivity contribution is -0.140. The first-order chi connectivity index (χ1) is 22.0. The highest BCUT2D eigenvalue weighted by Gasteiger charge is 2.36. The molecular formula is C36H40FN3O5S. The van der Waals surface area contributed by atoms with Gasteiger partial charge in [0.1, 0.15) is 24.2 Å². The summed E-state index contributed by atoms with van der Waals surface area (Å²) in [5.41, 5.74) is 1.88. The van der Waals surface area contributed by atoms with Crippen LogP contribution in [-0.4, -0.2) is 50.9 Å². The molecule has 0 bridgehead atoms. The topological polar surface area (TPSA) is 96.0 Å². The quantitative estimate of drug-likeness (QED) is 0.185. The van der Waals surface area contributed by atoms with Crippen LogP contribution in [0, 0.1) is 12.7 Å². The van der Waals surface area contributed by atoms with Crippen LogP contribution in [0.5, 0.6) is 5.75 Å². The maximum Gasteiger partial charge on any atom is 0.264 e. The average Bonchev–Trinajstić information content (AvgIpc) is 3.06. The number of halogens is 1. The number of amides is 2. The lowest BCUT2D eigenvalue weighted by atomic mass is 10.0. The molecule has 2 amide bonds. The third-order valence-electron chi connectivity index (χ3n) is 7.78. The molecule has 0 aliphatic carbocycles. The minimum atomic E-state index is -4.31. The summed E-state index contributed by atoms with van der Waals surface area (Å²) in [5, 5.41) is 2.97. The molecule has 4 rings (SSSR count). The molecule has 0 radical (unpaired) electrons. The number of rotatable bonds is 14. The Labute approximate surface area is 270 Å². The van der Waals surface area contributed by atoms with Crippen molar-refractivity contribution >= 4 is 27.5 Å². The molecule has 8 nitrogen and oxygen atoms in total. The molecule has 4 aromatic rings. The highest BCUT2D eigenvalue weighted by atomic mass is 32.2. The summed E-state index contributed by atoms with van der Waals surface area (Å²) in [7, 11) is -2.89. The Morgan fingerprint density at radius 1 is 0.913 bits per heavy atom. The molecule has 242 valence electrons. The first-order valence-electron chi connectivity index (χ1n) is 15.1. The van der Waals surface area contributed by atoms with Gasteiger partial charge in [0, 0.05) is 24.6 Å². The fourth-order valence-electron chi connectivity index (χ4n) is 5.03. The first kappa shape index (κ1) is 34.2. The van der Waals surface area contributed by atoms with Crippen LogP contribution in [0.1, 0.15) is 37.0 Å². The molecule has 0 aromatic heterocycles. The molecule has 0 unspecified atom stereocenters. The Bertz CT molecular complexity index is 1740. The number of anilines is 1. The number of aryl methyl sites for hydroxylation is 1. The number of methoxy groups -OCH3 is 1. The molecule has 1 N–H and O–H groups in total. The maximum absolute atomic E-state index is 15.1. The summed E-state index contributed by atoms with van der Waals surface area (Å²) in [5.74, 6) is -1.41. The number of hydrogen-bond acceptors (Lipinski definition) is 5. The van der Waals surface area contributed by atoms with Gasteiger partial charge in [0.15, 0.2) is 0 Å². The largest absolute Gasteiger partial charge is 0.495 e. The zero-order valence-corrected chi connectivity index (χ0v) is 27.3. The van der Waals surface area contributed by atoms with Crippen molar-refractivity contribution in [2.45, 2.75) is 57.1 Å². The van der Waals surface area contributed by atoms with Crippen LogP contribution in [0.3, 0.4) is 0 Å². The smallest absolute Gasteiger partial charge is 0.264 e. The minimum absolute atomic E-state index is 0.0256. The monoisotopic (exact) mass is 645 g/mol. The van der Waals surface area contributed by atoms with Gasteiger partial charge in [-0.3, -0.25) is 13.9 Å². The van der Waals surface area contributed by atoms with E-state index < -0.39 is 40.2 Å². The van der Waals surface area contributed by atoms with Crippen LogP contribution in [0.4, 0.5) is 10.1 Å². The molecule has 2 atom stereocenters. The fraction of sp³-hybridized carbons (Fsp3) is 0.278. The lowest BCUT2D eigenvalue weighted by Crippen LogP contribution is -2.54. The van der Waals surface area contributed by atoms with E-state index >= 15 is 4.39 Å². The van der Waals surface area contributed by atoms with Gasteiger partial charge in [-0.1, -0.05) is 79.7 Å². The van der Waals surface area contributed by atoms with Crippen molar-refractivity contribution in [3.05, 3.63) is 126 Å². The van der Waals surface area contributed by atoms with E-state index in [9.17, 15) is 18.0 Å². The van der Waals surface area contributed by atoms with Crippen molar-refractivity contribution in [1.29, 1.82) is 0 Å². The van der Waals surface area contributed by atoms with Gasteiger partial charge >= 0.3 is 0 Å². The molecule has 46 heavy (non-hydrogen) atoms. The Kier molecular flexibility index (Phi) is 11.5. The molecule has 0 aliphatic heterocycles. The number of nitrogens with zero attached hydrogens (tertiary/aromatic N) is 2. The van der Waals surface area contributed by atoms with Crippen molar-refractivity contribution in [1.82, 2.24) is 10.2 Å². The molecular weight excluding hydrogens is 605 g/mol. The van der Waals surface area contributed by atoms with Gasteiger partial charge in [-0.05, 0) is 61.7 Å². The number of hydrogen-bond donors (Lipinski definition) is 1. The van der Waals surface area contributed by atoms with Crippen molar-refractivity contribution in [3.63, 3.8) is 0 Å². The number of benzene rings is 4. The summed E-state index contributed by atoms with van der Waals surface area (Å²) >= 11 is 0. The second-order valence-electron chi connectivity index (χ2n) is 11.1. The number of nitrogens with one attached hydrogen (secondary N) is 1. The molecule has 0 fully saturated rings. The predicted molar refractivity (Wildman–Crippen MR) is 177 cm³/mol. The summed E-state index contributed by atoms with van der Waals surface area (Å²) in [6, 6.07) is 26.8. The van der Waals surface area contributed by atoms with Crippen LogP contribution in [0.15, 0.2) is 108 Å². The van der Waals surface area contributed by atoms with Gasteiger partial charge in [0.05, 0.1) is 17.7 Å². The van der Waals surface area contributed by atoms with E-state index in [-0.39, 0.29) is 40.9 Å². The van der Waals surface area contributed by atoms with Crippen LogP contribution in [-0.2, 0) is 32.6 Å². The number of carbonyl (C=O) groups is 2. The van der Waals surface area contributed by atoms with Crippen LogP contribution in [0.25, 0.3) is 0 Å².